The molecule has 1 aromatic heterocycles. The summed E-state index contributed by atoms with van der Waals surface area (Å²) in [5, 5.41) is 7.54. The fourth-order valence-electron chi connectivity index (χ4n) is 3.28. The number of hydrogen-bond acceptors (Lipinski definition) is 5. The molecule has 174 valence electrons. The largest absolute Gasteiger partial charge is 0.486 e. The minimum absolute atomic E-state index is 0.115. The predicted molar refractivity (Wildman–Crippen MR) is 130 cm³/mol. The van der Waals surface area contributed by atoms with Crippen LogP contribution in [0.4, 0.5) is 20.7 Å². The Morgan fingerprint density at radius 1 is 0.971 bits per heavy atom. The van der Waals surface area contributed by atoms with Gasteiger partial charge in [-0.3, -0.25) is 0 Å². The third kappa shape index (κ3) is 5.81. The number of halogens is 1. The lowest BCUT2D eigenvalue weighted by atomic mass is 10.1. The summed E-state index contributed by atoms with van der Waals surface area (Å²) >= 11 is 0. The van der Waals surface area contributed by atoms with Gasteiger partial charge in [-0.15, -0.1) is 5.10 Å². The average molecular weight is 460 g/mol. The molecule has 1 heterocycles. The van der Waals surface area contributed by atoms with Crippen molar-refractivity contribution in [3.8, 4) is 17.0 Å². The van der Waals surface area contributed by atoms with E-state index in [0.29, 0.717) is 17.2 Å². The van der Waals surface area contributed by atoms with Crippen LogP contribution in [-0.2, 0) is 11.3 Å². The van der Waals surface area contributed by atoms with E-state index in [1.54, 1.807) is 39.0 Å². The number of aromatic nitrogens is 2. The fraction of sp³-hybridized carbons (Fsp3) is 0.185. The highest BCUT2D eigenvalue weighted by atomic mass is 19.1. The molecule has 0 atom stereocenters. The Labute approximate surface area is 198 Å². The van der Waals surface area contributed by atoms with Gasteiger partial charge in [-0.05, 0) is 38.5 Å². The highest BCUT2D eigenvalue weighted by Gasteiger charge is 2.22. The van der Waals surface area contributed by atoms with Crippen LogP contribution in [0.2, 0.25) is 0 Å². The van der Waals surface area contributed by atoms with E-state index in [1.807, 2.05) is 60.7 Å². The minimum Gasteiger partial charge on any atom is -0.486 e. The Balaban J connectivity index is 1.59. The van der Waals surface area contributed by atoms with E-state index in [0.717, 1.165) is 11.1 Å². The second-order valence-electron chi connectivity index (χ2n) is 8.72. The molecule has 0 bridgehead atoms. The van der Waals surface area contributed by atoms with Crippen molar-refractivity contribution in [3.63, 3.8) is 0 Å². The first-order valence-electron chi connectivity index (χ1n) is 10.9. The van der Waals surface area contributed by atoms with Crippen LogP contribution in [-0.4, -0.2) is 21.5 Å². The number of benzene rings is 3. The predicted octanol–water partition coefficient (Wildman–Crippen LogP) is 6.80. The summed E-state index contributed by atoms with van der Waals surface area (Å²) in [5.41, 5.74) is 2.20. The maximum atomic E-state index is 14.3. The smallest absolute Gasteiger partial charge is 0.435 e. The molecule has 0 amide bonds. The number of nitrogens with one attached hydrogen (secondary N) is 1. The third-order valence-electron chi connectivity index (χ3n) is 4.79. The van der Waals surface area contributed by atoms with Crippen LogP contribution in [0.3, 0.4) is 0 Å². The molecule has 0 radical (unpaired) electrons. The molecule has 0 aliphatic carbocycles. The van der Waals surface area contributed by atoms with Crippen molar-refractivity contribution in [1.82, 2.24) is 9.78 Å². The molecular weight excluding hydrogens is 433 g/mol. The molecule has 0 aliphatic rings. The second kappa shape index (κ2) is 9.79. The van der Waals surface area contributed by atoms with Gasteiger partial charge in [0.05, 0.1) is 5.69 Å². The van der Waals surface area contributed by atoms with E-state index in [4.69, 9.17) is 9.47 Å². The first-order valence-corrected chi connectivity index (χ1v) is 10.9. The first-order chi connectivity index (χ1) is 16.3. The van der Waals surface area contributed by atoms with Gasteiger partial charge >= 0.3 is 6.09 Å². The molecule has 0 unspecified atom stereocenters. The maximum absolute atomic E-state index is 14.3. The summed E-state index contributed by atoms with van der Waals surface area (Å²) in [6.45, 7) is 5.63. The van der Waals surface area contributed by atoms with Gasteiger partial charge in [0.25, 0.3) is 0 Å². The van der Waals surface area contributed by atoms with Gasteiger partial charge in [-0.2, -0.15) is 4.68 Å². The maximum Gasteiger partial charge on any atom is 0.435 e. The highest BCUT2D eigenvalue weighted by molar-refractivity contribution is 5.80. The number of hydrogen-bond donors (Lipinski definition) is 1. The number of rotatable bonds is 6. The molecule has 34 heavy (non-hydrogen) atoms. The summed E-state index contributed by atoms with van der Waals surface area (Å²) in [5.74, 6) is 0.0554. The fourth-order valence-corrected chi connectivity index (χ4v) is 3.28. The zero-order valence-electron chi connectivity index (χ0n) is 19.3. The molecule has 0 saturated heterocycles. The molecule has 0 saturated carbocycles. The van der Waals surface area contributed by atoms with Crippen molar-refractivity contribution in [3.05, 3.63) is 96.3 Å². The number of carbonyl (C=O) groups is 1. The monoisotopic (exact) mass is 459 g/mol. The van der Waals surface area contributed by atoms with E-state index in [9.17, 15) is 9.18 Å². The minimum atomic E-state index is -0.674. The standard InChI is InChI=1S/C27H26FN3O3/c1-27(2,3)34-26(32)31-23(20-12-8-5-9-13-20)17-25(30-31)29-21-14-15-22(28)24(16-21)33-18-19-10-6-4-7-11-19/h4-17H,18H2,1-3H3,(H,29,30). The molecule has 0 spiro atoms. The number of ether oxygens (including phenoxy) is 2. The quantitative estimate of drug-likeness (QED) is 0.344. The molecule has 0 aliphatic heterocycles. The number of anilines is 2. The third-order valence-corrected chi connectivity index (χ3v) is 4.79. The van der Waals surface area contributed by atoms with Crippen molar-refractivity contribution in [1.29, 1.82) is 0 Å². The van der Waals surface area contributed by atoms with Gasteiger partial charge in [-0.25, -0.2) is 9.18 Å². The van der Waals surface area contributed by atoms with Crippen molar-refractivity contribution in [2.24, 2.45) is 0 Å². The number of nitrogens with zero attached hydrogens (tertiary/aromatic N) is 2. The highest BCUT2D eigenvalue weighted by Crippen LogP contribution is 2.28. The number of carbonyl (C=O) groups excluding carboxylic acids is 1. The van der Waals surface area contributed by atoms with Crippen LogP contribution >= 0.6 is 0 Å². The Hall–Kier alpha value is -4.13. The van der Waals surface area contributed by atoms with Crippen molar-refractivity contribution in [2.45, 2.75) is 33.0 Å². The molecule has 0 fully saturated rings. The van der Waals surface area contributed by atoms with Gasteiger partial charge in [0.1, 0.15) is 12.2 Å². The van der Waals surface area contributed by atoms with Crippen LogP contribution in [0.15, 0.2) is 84.9 Å². The summed E-state index contributed by atoms with van der Waals surface area (Å²) < 4.78 is 26.8. The zero-order chi connectivity index (χ0) is 24.1. The van der Waals surface area contributed by atoms with E-state index in [-0.39, 0.29) is 12.4 Å². The Kier molecular flexibility index (Phi) is 6.63. The Morgan fingerprint density at radius 2 is 1.65 bits per heavy atom. The Bertz CT molecular complexity index is 1270. The summed E-state index contributed by atoms with van der Waals surface area (Å²) in [7, 11) is 0. The molecule has 4 rings (SSSR count). The van der Waals surface area contributed by atoms with Crippen molar-refractivity contribution >= 4 is 17.6 Å². The van der Waals surface area contributed by atoms with Crippen LogP contribution < -0.4 is 10.1 Å². The van der Waals surface area contributed by atoms with Gasteiger partial charge in [-0.1, -0.05) is 60.7 Å². The van der Waals surface area contributed by atoms with Gasteiger partial charge in [0, 0.05) is 23.4 Å². The Morgan fingerprint density at radius 3 is 2.32 bits per heavy atom. The SMILES string of the molecule is CC(C)(C)OC(=O)n1nc(Nc2ccc(F)c(OCc3ccccc3)c2)cc1-c1ccccc1. The van der Waals surface area contributed by atoms with E-state index in [1.165, 1.54) is 10.7 Å². The normalized spacial score (nSPS) is 11.2. The molecule has 1 N–H and O–H groups in total. The van der Waals surface area contributed by atoms with Crippen LogP contribution in [0.1, 0.15) is 26.3 Å². The first kappa shape index (κ1) is 23.0. The molecule has 4 aromatic rings. The second-order valence-corrected chi connectivity index (χ2v) is 8.72. The van der Waals surface area contributed by atoms with E-state index in [2.05, 4.69) is 10.4 Å². The van der Waals surface area contributed by atoms with Crippen molar-refractivity contribution in [2.75, 3.05) is 5.32 Å². The summed E-state index contributed by atoms with van der Waals surface area (Å²) in [6, 6.07) is 25.2. The summed E-state index contributed by atoms with van der Waals surface area (Å²) in [4.78, 5) is 12.8. The topological polar surface area (TPSA) is 65.4 Å². The molecule has 3 aromatic carbocycles. The average Bonchev–Trinajstić information content (AvgIpc) is 3.24. The van der Waals surface area contributed by atoms with Crippen LogP contribution in [0.5, 0.6) is 5.75 Å². The van der Waals surface area contributed by atoms with Crippen LogP contribution in [0.25, 0.3) is 11.3 Å². The lowest BCUT2D eigenvalue weighted by molar-refractivity contribution is 0.0518. The van der Waals surface area contributed by atoms with Crippen LogP contribution in [0, 0.1) is 5.82 Å². The van der Waals surface area contributed by atoms with E-state index < -0.39 is 17.5 Å². The molecule has 7 heteroatoms. The molecule has 6 nitrogen and oxygen atoms in total. The summed E-state index contributed by atoms with van der Waals surface area (Å²) in [6.07, 6.45) is -0.592. The van der Waals surface area contributed by atoms with Gasteiger partial charge in [0.2, 0.25) is 0 Å². The van der Waals surface area contributed by atoms with Crippen molar-refractivity contribution < 1.29 is 18.7 Å². The lowest BCUT2D eigenvalue weighted by Crippen LogP contribution is -2.28. The molecular formula is C27H26FN3O3. The van der Waals surface area contributed by atoms with E-state index >= 15 is 0 Å². The van der Waals surface area contributed by atoms with Gasteiger partial charge in [0.15, 0.2) is 17.4 Å². The van der Waals surface area contributed by atoms with Gasteiger partial charge < -0.3 is 14.8 Å². The zero-order valence-corrected chi connectivity index (χ0v) is 19.3. The lowest BCUT2D eigenvalue weighted by Gasteiger charge is -2.19.